The van der Waals surface area contributed by atoms with Crippen molar-refractivity contribution in [1.29, 1.82) is 0 Å². The van der Waals surface area contributed by atoms with Gasteiger partial charge in [-0.05, 0) is 32.6 Å². The molecule has 0 N–H and O–H groups in total. The van der Waals surface area contributed by atoms with Gasteiger partial charge in [-0.25, -0.2) is 8.42 Å². The first-order chi connectivity index (χ1) is 8.55. The van der Waals surface area contributed by atoms with Crippen LogP contribution in [0.3, 0.4) is 0 Å². The molecule has 0 aromatic heterocycles. The Morgan fingerprint density at radius 1 is 1.22 bits per heavy atom. The third-order valence-electron chi connectivity index (χ3n) is 4.23. The van der Waals surface area contributed by atoms with Crippen molar-refractivity contribution in [3.8, 4) is 0 Å². The second-order valence-electron chi connectivity index (χ2n) is 5.35. The number of rotatable bonds is 5. The topological polar surface area (TPSA) is 60.4 Å². The van der Waals surface area contributed by atoms with Gasteiger partial charge in [-0.3, -0.25) is 4.79 Å². The van der Waals surface area contributed by atoms with Gasteiger partial charge >= 0.3 is 0 Å². The molecule has 0 radical (unpaired) electrons. The maximum atomic E-state index is 12.1. The van der Waals surface area contributed by atoms with Gasteiger partial charge in [0.05, 0.1) is 17.1 Å². The molecule has 0 spiro atoms. The fraction of sp³-hybridized carbons (Fsp3) is 0.923. The first kappa shape index (κ1) is 14.0. The number of carbonyl (C=O) groups is 1. The summed E-state index contributed by atoms with van der Waals surface area (Å²) in [6.45, 7) is 2.99. The van der Waals surface area contributed by atoms with Crippen LogP contribution < -0.4 is 0 Å². The van der Waals surface area contributed by atoms with Crippen LogP contribution in [0.15, 0.2) is 0 Å². The van der Waals surface area contributed by atoms with Crippen molar-refractivity contribution in [3.05, 3.63) is 0 Å². The molecule has 0 aromatic carbocycles. The highest BCUT2D eigenvalue weighted by Gasteiger charge is 2.45. The average Bonchev–Trinajstić information content (AvgIpc) is 2.27. The summed E-state index contributed by atoms with van der Waals surface area (Å²) in [4.78, 5) is 12.0. The summed E-state index contributed by atoms with van der Waals surface area (Å²) in [7, 11) is -2.94. The monoisotopic (exact) mass is 274 g/mol. The first-order valence-electron chi connectivity index (χ1n) is 6.89. The summed E-state index contributed by atoms with van der Waals surface area (Å²) in [5, 5.41) is -0.517. The Hall–Kier alpha value is -0.420. The Morgan fingerprint density at radius 3 is 2.39 bits per heavy atom. The summed E-state index contributed by atoms with van der Waals surface area (Å²) >= 11 is 0. The van der Waals surface area contributed by atoms with E-state index in [1.807, 2.05) is 6.92 Å². The lowest BCUT2D eigenvalue weighted by atomic mass is 9.86. The fourth-order valence-corrected chi connectivity index (χ4v) is 5.73. The molecule has 2 unspecified atom stereocenters. The maximum absolute atomic E-state index is 12.1. The zero-order chi connectivity index (χ0) is 13.2. The summed E-state index contributed by atoms with van der Waals surface area (Å²) in [6.07, 6.45) is 4.00. The molecule has 4 nitrogen and oxygen atoms in total. The second kappa shape index (κ2) is 5.70. The van der Waals surface area contributed by atoms with Crippen LogP contribution in [0, 0.1) is 5.92 Å². The Balaban J connectivity index is 1.96. The van der Waals surface area contributed by atoms with Crippen molar-refractivity contribution in [2.45, 2.75) is 55.9 Å². The number of fused-ring (bicyclic) bond motifs is 2. The largest absolute Gasteiger partial charge is 0.381 e. The maximum Gasteiger partial charge on any atom is 0.156 e. The van der Waals surface area contributed by atoms with Crippen molar-refractivity contribution in [2.24, 2.45) is 5.92 Å². The van der Waals surface area contributed by atoms with Gasteiger partial charge in [0, 0.05) is 18.9 Å². The van der Waals surface area contributed by atoms with Crippen molar-refractivity contribution >= 4 is 15.6 Å². The molecule has 2 aliphatic rings. The molecule has 2 heterocycles. The molecule has 2 fully saturated rings. The molecule has 0 aromatic rings. The van der Waals surface area contributed by atoms with Crippen LogP contribution >= 0.6 is 0 Å². The lowest BCUT2D eigenvalue weighted by molar-refractivity contribution is -0.124. The van der Waals surface area contributed by atoms with Crippen molar-refractivity contribution < 1.29 is 17.9 Å². The highest BCUT2D eigenvalue weighted by atomic mass is 32.2. The lowest BCUT2D eigenvalue weighted by Gasteiger charge is -2.38. The lowest BCUT2D eigenvalue weighted by Crippen LogP contribution is -2.45. The third-order valence-corrected chi connectivity index (χ3v) is 6.94. The number of sulfone groups is 1. The predicted molar refractivity (Wildman–Crippen MR) is 69.2 cm³/mol. The van der Waals surface area contributed by atoms with Crippen molar-refractivity contribution in [2.75, 3.05) is 13.2 Å². The Kier molecular flexibility index (Phi) is 4.43. The SMILES string of the molecule is CCOCCC(=O)C1CC2CCCC(C1)S2(=O)=O. The molecular formula is C13H22O4S. The highest BCUT2D eigenvalue weighted by molar-refractivity contribution is 7.92. The molecular weight excluding hydrogens is 252 g/mol. The molecule has 18 heavy (non-hydrogen) atoms. The summed E-state index contributed by atoms with van der Waals surface area (Å²) in [5.41, 5.74) is 0. The van der Waals surface area contributed by atoms with E-state index in [4.69, 9.17) is 4.74 Å². The van der Waals surface area contributed by atoms with Crippen LogP contribution in [0.4, 0.5) is 0 Å². The van der Waals surface area contributed by atoms with Crippen LogP contribution in [0.1, 0.15) is 45.4 Å². The second-order valence-corrected chi connectivity index (χ2v) is 7.86. The number of carbonyl (C=O) groups excluding carboxylic acids is 1. The smallest absolute Gasteiger partial charge is 0.156 e. The van der Waals surface area contributed by atoms with Gasteiger partial charge < -0.3 is 4.74 Å². The summed E-state index contributed by atoms with van der Waals surface area (Å²) < 4.78 is 29.4. The highest BCUT2D eigenvalue weighted by Crippen LogP contribution is 2.39. The molecule has 2 bridgehead atoms. The van der Waals surface area contributed by atoms with E-state index in [-0.39, 0.29) is 22.2 Å². The van der Waals surface area contributed by atoms with Crippen LogP contribution in [0.25, 0.3) is 0 Å². The minimum atomic E-state index is -2.94. The number of Topliss-reactive ketones (excluding diaryl/α,β-unsaturated/α-hetero) is 1. The van der Waals surface area contributed by atoms with E-state index in [2.05, 4.69) is 0 Å². The van der Waals surface area contributed by atoms with E-state index in [1.165, 1.54) is 0 Å². The van der Waals surface area contributed by atoms with E-state index in [0.717, 1.165) is 19.3 Å². The van der Waals surface area contributed by atoms with Crippen LogP contribution in [0.2, 0.25) is 0 Å². The molecule has 2 atom stereocenters. The zero-order valence-electron chi connectivity index (χ0n) is 10.9. The zero-order valence-corrected chi connectivity index (χ0v) is 11.7. The van der Waals surface area contributed by atoms with E-state index in [1.54, 1.807) is 0 Å². The van der Waals surface area contributed by atoms with Crippen molar-refractivity contribution in [1.82, 2.24) is 0 Å². The molecule has 2 saturated heterocycles. The van der Waals surface area contributed by atoms with Crippen molar-refractivity contribution in [3.63, 3.8) is 0 Å². The van der Waals surface area contributed by atoms with Gasteiger partial charge in [0.25, 0.3) is 0 Å². The average molecular weight is 274 g/mol. The third kappa shape index (κ3) is 2.77. The first-order valence-corrected chi connectivity index (χ1v) is 8.49. The number of hydrogen-bond acceptors (Lipinski definition) is 4. The van der Waals surface area contributed by atoms with E-state index >= 15 is 0 Å². The van der Waals surface area contributed by atoms with Crippen LogP contribution in [-0.4, -0.2) is 37.9 Å². The van der Waals surface area contributed by atoms with E-state index in [0.29, 0.717) is 32.5 Å². The molecule has 0 saturated carbocycles. The summed E-state index contributed by atoms with van der Waals surface area (Å²) in [6, 6.07) is 0. The quantitative estimate of drug-likeness (QED) is 0.716. The number of hydrogen-bond donors (Lipinski definition) is 0. The normalized spacial score (nSPS) is 34.2. The fourth-order valence-electron chi connectivity index (χ4n) is 3.19. The van der Waals surface area contributed by atoms with E-state index < -0.39 is 9.84 Å². The van der Waals surface area contributed by atoms with Gasteiger partial charge in [-0.15, -0.1) is 0 Å². The van der Waals surface area contributed by atoms with Crippen LogP contribution in [-0.2, 0) is 19.4 Å². The Labute approximate surface area is 109 Å². The molecule has 0 amide bonds. The van der Waals surface area contributed by atoms with Gasteiger partial charge in [0.15, 0.2) is 9.84 Å². The molecule has 2 rings (SSSR count). The van der Waals surface area contributed by atoms with Gasteiger partial charge in [-0.2, -0.15) is 0 Å². The number of ketones is 1. The van der Waals surface area contributed by atoms with Gasteiger partial charge in [0.2, 0.25) is 0 Å². The molecule has 0 aliphatic carbocycles. The molecule has 104 valence electrons. The molecule has 2 aliphatic heterocycles. The van der Waals surface area contributed by atoms with Gasteiger partial charge in [0.1, 0.15) is 5.78 Å². The molecule has 5 heteroatoms. The standard InChI is InChI=1S/C13H22O4S/c1-2-17-7-6-13(14)10-8-11-4-3-5-12(9-10)18(11,15)16/h10-12H,2-9H2,1H3. The van der Waals surface area contributed by atoms with E-state index in [9.17, 15) is 13.2 Å². The summed E-state index contributed by atoms with van der Waals surface area (Å²) in [5.74, 6) is 0.138. The minimum absolute atomic E-state index is 0.0516. The van der Waals surface area contributed by atoms with Crippen LogP contribution in [0.5, 0.6) is 0 Å². The minimum Gasteiger partial charge on any atom is -0.381 e. The Bertz CT molecular complexity index is 381. The Morgan fingerprint density at radius 2 is 1.83 bits per heavy atom. The van der Waals surface area contributed by atoms with Gasteiger partial charge in [-0.1, -0.05) is 6.42 Å². The predicted octanol–water partition coefficient (Wildman–Crippen LogP) is 1.73. The number of ether oxygens (including phenoxy) is 1.